The van der Waals surface area contributed by atoms with Gasteiger partial charge in [0.15, 0.2) is 12.5 Å². The molecule has 14 atom stereocenters. The molecular weight excluding hydrogens is 1140 g/mol. The Morgan fingerprint density at radius 2 is 0.893 bits per heavy atom. The Balaban J connectivity index is 0.000000157. The number of nitrogens with one attached hydrogen (secondary N) is 2. The summed E-state index contributed by atoms with van der Waals surface area (Å²) in [7, 11) is -6.91. The van der Waals surface area contributed by atoms with Crippen LogP contribution in [0, 0.1) is 13.8 Å². The average molecular weight is 1220 g/mol. The Morgan fingerprint density at radius 1 is 0.548 bits per heavy atom. The van der Waals surface area contributed by atoms with Gasteiger partial charge in [-0.2, -0.15) is 0 Å². The van der Waals surface area contributed by atoms with Crippen LogP contribution in [0.2, 0.25) is 25.2 Å². The Morgan fingerprint density at radius 3 is 1.23 bits per heavy atom. The van der Waals surface area contributed by atoms with Crippen LogP contribution >= 0.6 is 17.1 Å². The SMILES string of the molecule is CC[C@]12CO[C@@H](C1O[P@@]1O[C@H](C[Si](C)(c3ccccc3)c3ccccc3)[C@@H]3CCCN31)[C@H](n1cc(C)c(=O)[nH]c1=O)O2.CC[C@]12CO[C@@H](C1O[P@]1O[C@@H](C[Si](C)(c3ccccc3)c3ccccc3)[C@H]3CCCN31)[C@H](n1cc(C)c(=O)[nH]c1=O)O2. The summed E-state index contributed by atoms with van der Waals surface area (Å²) >= 11 is 0. The first-order valence-electron chi connectivity index (χ1n) is 29.9. The van der Waals surface area contributed by atoms with E-state index in [1.807, 2.05) is 0 Å². The summed E-state index contributed by atoms with van der Waals surface area (Å²) in [4.78, 5) is 54.4. The molecule has 0 aliphatic carbocycles. The van der Waals surface area contributed by atoms with Gasteiger partial charge in [-0.3, -0.25) is 28.7 Å². The van der Waals surface area contributed by atoms with Gasteiger partial charge in [-0.05, 0) is 64.5 Å². The van der Waals surface area contributed by atoms with E-state index in [-0.39, 0.29) is 24.4 Å². The molecule has 444 valence electrons. The molecule has 2 aromatic heterocycles. The van der Waals surface area contributed by atoms with Crippen molar-refractivity contribution in [3.05, 3.63) is 187 Å². The number of aromatic amines is 2. The minimum atomic E-state index is -2.12. The van der Waals surface area contributed by atoms with Crippen molar-refractivity contribution in [1.82, 2.24) is 28.4 Å². The first-order valence-corrected chi connectivity index (χ1v) is 37.6. The standard InChI is InChI=1S/2C31H38N3O6PSi/c2*1-4-31-20-37-26(29(38-31)33-18-21(2)28(35)32-30(33)36)27(31)40-41-34-17-11-16-24(34)25(39-41)19-42(3,22-12-7-5-8-13-22)23-14-9-6-10-15-23/h2*5-10,12-15,18,24-27,29H,4,11,16-17,19-20H2,1-3H3,(H,32,35,36)/t24-,25+,26+,27?,29-,31+,41+;24-,25+,26-,27?,29+,31-,41+/m10/s1. The molecule has 8 aliphatic heterocycles. The van der Waals surface area contributed by atoms with Crippen LogP contribution in [0.15, 0.2) is 153 Å². The van der Waals surface area contributed by atoms with E-state index in [2.05, 4.69) is 168 Å². The number of fused-ring (bicyclic) bond motifs is 6. The number of rotatable bonds is 16. The number of ether oxygens (including phenoxy) is 4. The van der Waals surface area contributed by atoms with E-state index in [4.69, 9.17) is 37.0 Å². The topological polar surface area (TPSA) is 190 Å². The van der Waals surface area contributed by atoms with Crippen LogP contribution in [0.5, 0.6) is 0 Å². The third kappa shape index (κ3) is 10.2. The normalized spacial score (nSPS) is 32.5. The van der Waals surface area contributed by atoms with Crippen LogP contribution in [0.25, 0.3) is 0 Å². The number of hydrogen-bond donors (Lipinski definition) is 2. The molecule has 2 unspecified atom stereocenters. The van der Waals surface area contributed by atoms with Crippen molar-refractivity contribution >= 4 is 53.9 Å². The Labute approximate surface area is 493 Å². The Kier molecular flexibility index (Phi) is 16.2. The number of H-pyrrole nitrogens is 2. The van der Waals surface area contributed by atoms with Crippen molar-refractivity contribution in [1.29, 1.82) is 0 Å². The third-order valence-electron chi connectivity index (χ3n) is 19.5. The smallest absolute Gasteiger partial charge is 0.330 e. The van der Waals surface area contributed by atoms with Gasteiger partial charge in [-0.1, -0.05) is 169 Å². The highest BCUT2D eigenvalue weighted by molar-refractivity contribution is 7.45. The number of benzene rings is 4. The fourth-order valence-electron chi connectivity index (χ4n) is 14.5. The van der Waals surface area contributed by atoms with Crippen LogP contribution in [0.4, 0.5) is 0 Å². The van der Waals surface area contributed by atoms with Crippen LogP contribution in [0.3, 0.4) is 0 Å². The van der Waals surface area contributed by atoms with Crippen molar-refractivity contribution in [2.24, 2.45) is 0 Å². The highest BCUT2D eigenvalue weighted by Gasteiger charge is 2.66. The molecule has 4 bridgehead atoms. The second kappa shape index (κ2) is 23.3. The summed E-state index contributed by atoms with van der Waals surface area (Å²) < 4.78 is 61.0. The lowest BCUT2D eigenvalue weighted by atomic mass is 9.96. The molecule has 10 heterocycles. The lowest BCUT2D eigenvalue weighted by molar-refractivity contribution is -0.175. The van der Waals surface area contributed by atoms with E-state index < -0.39 is 91.6 Å². The van der Waals surface area contributed by atoms with Gasteiger partial charge >= 0.3 is 11.4 Å². The number of aromatic nitrogens is 4. The van der Waals surface area contributed by atoms with Crippen LogP contribution in [-0.2, 0) is 37.0 Å². The fraction of sp³-hybridized carbons (Fsp3) is 0.484. The van der Waals surface area contributed by atoms with E-state index in [0.29, 0.717) is 49.3 Å². The summed E-state index contributed by atoms with van der Waals surface area (Å²) in [6.07, 6.45) is 5.92. The largest absolute Gasteiger partial charge is 0.368 e. The molecule has 22 heteroatoms. The summed E-state index contributed by atoms with van der Waals surface area (Å²) in [5.41, 5.74) is -2.29. The molecule has 6 aromatic rings. The number of aryl methyl sites for hydroxylation is 2. The van der Waals surface area contributed by atoms with Gasteiger partial charge in [0.05, 0.1) is 25.4 Å². The molecule has 0 saturated carbocycles. The van der Waals surface area contributed by atoms with Gasteiger partial charge in [-0.25, -0.2) is 18.9 Å². The molecule has 0 radical (unpaired) electrons. The van der Waals surface area contributed by atoms with Crippen LogP contribution in [-0.4, -0.2) is 131 Å². The molecule has 14 rings (SSSR count). The van der Waals surface area contributed by atoms with Crippen LogP contribution < -0.4 is 43.2 Å². The van der Waals surface area contributed by atoms with Gasteiger partial charge in [-0.15, -0.1) is 0 Å². The summed E-state index contributed by atoms with van der Waals surface area (Å²) in [5.74, 6) is 0. The maximum atomic E-state index is 12.8. The minimum Gasteiger partial charge on any atom is -0.368 e. The van der Waals surface area contributed by atoms with E-state index in [1.54, 1.807) is 26.2 Å². The highest BCUT2D eigenvalue weighted by atomic mass is 31.2. The summed E-state index contributed by atoms with van der Waals surface area (Å²) in [6.45, 7) is 15.1. The number of hydrogen-bond acceptors (Lipinski definition) is 14. The quantitative estimate of drug-likeness (QED) is 0.0781. The molecule has 8 fully saturated rings. The maximum absolute atomic E-state index is 12.8. The highest BCUT2D eigenvalue weighted by Crippen LogP contribution is 2.63. The zero-order chi connectivity index (χ0) is 58.1. The Bertz CT molecular complexity index is 3260. The minimum absolute atomic E-state index is 0.0643. The van der Waals surface area contributed by atoms with Gasteiger partial charge in [0.25, 0.3) is 28.2 Å². The molecule has 4 aromatic carbocycles. The predicted octanol–water partition coefficient (Wildman–Crippen LogP) is 6.58. The molecule has 18 nitrogen and oxygen atoms in total. The molecule has 0 spiro atoms. The molecule has 84 heavy (non-hydrogen) atoms. The monoisotopic (exact) mass is 1210 g/mol. The molecular formula is C62H76N6O12P2Si2. The van der Waals surface area contributed by atoms with Crippen molar-refractivity contribution in [2.45, 2.75) is 164 Å². The first-order chi connectivity index (χ1) is 40.7. The first kappa shape index (κ1) is 58.2. The van der Waals surface area contributed by atoms with Gasteiger partial charge in [0.2, 0.25) is 0 Å². The molecule has 8 saturated heterocycles. The fourth-order valence-corrected chi connectivity index (χ4v) is 26.5. The number of nitrogens with zero attached hydrogens (tertiary/aromatic N) is 4. The van der Waals surface area contributed by atoms with E-state index in [1.165, 1.54) is 29.9 Å². The van der Waals surface area contributed by atoms with Gasteiger partial charge in [0, 0.05) is 48.7 Å². The molecule has 2 N–H and O–H groups in total. The maximum Gasteiger partial charge on any atom is 0.330 e. The second-order valence-corrected chi connectivity index (χ2v) is 35.7. The van der Waals surface area contributed by atoms with Crippen molar-refractivity contribution in [3.8, 4) is 0 Å². The van der Waals surface area contributed by atoms with Crippen LogP contribution in [0.1, 0.15) is 76.0 Å². The second-order valence-electron chi connectivity index (χ2n) is 24.5. The van der Waals surface area contributed by atoms with E-state index in [0.717, 1.165) is 50.9 Å². The zero-order valence-electron chi connectivity index (χ0n) is 48.5. The summed E-state index contributed by atoms with van der Waals surface area (Å²) in [6, 6.07) is 46.2. The lowest BCUT2D eigenvalue weighted by Crippen LogP contribution is -2.58. The average Bonchev–Trinajstić information content (AvgIpc) is 2.87. The molecule has 8 aliphatic rings. The summed E-state index contributed by atoms with van der Waals surface area (Å²) in [5, 5.41) is 5.64. The predicted molar refractivity (Wildman–Crippen MR) is 328 cm³/mol. The van der Waals surface area contributed by atoms with E-state index >= 15 is 0 Å². The lowest BCUT2D eigenvalue weighted by Gasteiger charge is -2.32. The van der Waals surface area contributed by atoms with Crippen molar-refractivity contribution in [2.75, 3.05) is 26.3 Å². The molecule has 0 amide bonds. The van der Waals surface area contributed by atoms with Crippen molar-refractivity contribution in [3.63, 3.8) is 0 Å². The van der Waals surface area contributed by atoms with Gasteiger partial charge < -0.3 is 37.0 Å². The zero-order valence-corrected chi connectivity index (χ0v) is 52.3. The van der Waals surface area contributed by atoms with Gasteiger partial charge in [0.1, 0.15) is 51.8 Å². The van der Waals surface area contributed by atoms with E-state index in [9.17, 15) is 19.2 Å². The van der Waals surface area contributed by atoms with Crippen molar-refractivity contribution < 1.29 is 37.0 Å². The Hall–Kier alpha value is -4.87. The third-order valence-corrected chi connectivity index (χ3v) is 31.9.